The molecule has 0 radical (unpaired) electrons. The fourth-order valence-electron chi connectivity index (χ4n) is 2.98. The van der Waals surface area contributed by atoms with Crippen molar-refractivity contribution in [3.05, 3.63) is 0 Å². The summed E-state index contributed by atoms with van der Waals surface area (Å²) in [6.07, 6.45) is 0. The molecule has 0 aliphatic carbocycles. The summed E-state index contributed by atoms with van der Waals surface area (Å²) in [6, 6.07) is 0.903. The Morgan fingerprint density at radius 2 is 1.89 bits per heavy atom. The Labute approximate surface area is 110 Å². The van der Waals surface area contributed by atoms with Crippen LogP contribution in [0.15, 0.2) is 0 Å². The lowest BCUT2D eigenvalue weighted by Crippen LogP contribution is -2.59. The Morgan fingerprint density at radius 1 is 1.17 bits per heavy atom. The zero-order valence-corrected chi connectivity index (χ0v) is 11.9. The Morgan fingerprint density at radius 3 is 2.39 bits per heavy atom. The minimum Gasteiger partial charge on any atom is -0.339 e. The number of amides is 1. The van der Waals surface area contributed by atoms with E-state index in [1.54, 1.807) is 0 Å². The van der Waals surface area contributed by atoms with Crippen molar-refractivity contribution < 1.29 is 4.79 Å². The van der Waals surface area contributed by atoms with Gasteiger partial charge in [0.2, 0.25) is 5.91 Å². The van der Waals surface area contributed by atoms with Crippen molar-refractivity contribution in [2.24, 2.45) is 5.92 Å². The van der Waals surface area contributed by atoms with Crippen LogP contribution in [0.3, 0.4) is 0 Å². The van der Waals surface area contributed by atoms with Gasteiger partial charge in [-0.2, -0.15) is 0 Å². The second-order valence-corrected chi connectivity index (χ2v) is 6.02. The van der Waals surface area contributed by atoms with Gasteiger partial charge in [0, 0.05) is 38.3 Å². The van der Waals surface area contributed by atoms with Gasteiger partial charge in [-0.1, -0.05) is 6.92 Å². The predicted molar refractivity (Wildman–Crippen MR) is 72.5 cm³/mol. The zero-order valence-electron chi connectivity index (χ0n) is 11.9. The number of piperazine rings is 1. The summed E-state index contributed by atoms with van der Waals surface area (Å²) >= 11 is 0. The molecule has 0 spiro atoms. The van der Waals surface area contributed by atoms with Crippen LogP contribution < -0.4 is 10.6 Å². The minimum absolute atomic E-state index is 0.0469. The molecule has 4 atom stereocenters. The lowest BCUT2D eigenvalue weighted by molar-refractivity contribution is -0.133. The number of likely N-dealkylation sites (N-methyl/N-ethyl adjacent to an activating group) is 1. The number of carbonyl (C=O) groups is 1. The van der Waals surface area contributed by atoms with Crippen molar-refractivity contribution in [2.45, 2.75) is 32.0 Å². The first-order valence-electron chi connectivity index (χ1n) is 6.91. The number of rotatable bonds is 2. The van der Waals surface area contributed by atoms with E-state index in [-0.39, 0.29) is 11.9 Å². The normalized spacial score (nSPS) is 37.3. The average molecular weight is 254 g/mol. The summed E-state index contributed by atoms with van der Waals surface area (Å²) in [7, 11) is 4.19. The van der Waals surface area contributed by atoms with E-state index < -0.39 is 0 Å². The maximum atomic E-state index is 12.4. The van der Waals surface area contributed by atoms with E-state index in [9.17, 15) is 4.79 Å². The van der Waals surface area contributed by atoms with Gasteiger partial charge in [-0.25, -0.2) is 0 Å². The number of hydrogen-bond donors (Lipinski definition) is 2. The molecule has 5 heteroatoms. The molecule has 2 N–H and O–H groups in total. The minimum atomic E-state index is -0.0469. The van der Waals surface area contributed by atoms with E-state index in [1.165, 1.54) is 0 Å². The van der Waals surface area contributed by atoms with Crippen molar-refractivity contribution in [1.82, 2.24) is 20.4 Å². The quantitative estimate of drug-likeness (QED) is 0.687. The molecule has 0 aromatic carbocycles. The molecule has 2 aliphatic rings. The molecule has 5 nitrogen and oxygen atoms in total. The zero-order chi connectivity index (χ0) is 13.3. The Bertz CT molecular complexity index is 299. The third-order valence-corrected chi connectivity index (χ3v) is 4.19. The van der Waals surface area contributed by atoms with E-state index in [4.69, 9.17) is 0 Å². The predicted octanol–water partition coefficient (Wildman–Crippen LogP) is -0.655. The summed E-state index contributed by atoms with van der Waals surface area (Å²) < 4.78 is 0. The first-order chi connectivity index (χ1) is 8.49. The molecule has 2 aliphatic heterocycles. The molecule has 0 aromatic rings. The van der Waals surface area contributed by atoms with Crippen molar-refractivity contribution in [3.63, 3.8) is 0 Å². The number of likely N-dealkylation sites (tertiary alicyclic amines) is 1. The van der Waals surface area contributed by atoms with Crippen LogP contribution in [0.4, 0.5) is 0 Å². The molecular formula is C13H26N4O. The highest BCUT2D eigenvalue weighted by Crippen LogP contribution is 2.20. The third-order valence-electron chi connectivity index (χ3n) is 4.19. The molecule has 2 rings (SSSR count). The van der Waals surface area contributed by atoms with Crippen molar-refractivity contribution in [3.8, 4) is 0 Å². The summed E-state index contributed by atoms with van der Waals surface area (Å²) in [5.74, 6) is 0.810. The second-order valence-electron chi connectivity index (χ2n) is 6.02. The van der Waals surface area contributed by atoms with Gasteiger partial charge in [0.15, 0.2) is 0 Å². The van der Waals surface area contributed by atoms with E-state index in [1.807, 2.05) is 4.90 Å². The Kier molecular flexibility index (Phi) is 4.25. The topological polar surface area (TPSA) is 47.6 Å². The number of nitrogens with zero attached hydrogens (tertiary/aromatic N) is 2. The monoisotopic (exact) mass is 254 g/mol. The SMILES string of the molecule is CC1CNC(C(=O)N2CC(C)C(N(C)C)C2)CN1. The standard InChI is InChI=1S/C13H26N4O/c1-9-7-17(8-12(9)16(3)4)13(18)11-6-14-10(2)5-15-11/h9-12,14-15H,5-8H2,1-4H3. The molecule has 4 unspecified atom stereocenters. The van der Waals surface area contributed by atoms with Crippen LogP contribution in [0, 0.1) is 5.92 Å². The number of carbonyl (C=O) groups excluding carboxylic acids is 1. The van der Waals surface area contributed by atoms with E-state index in [2.05, 4.69) is 43.5 Å². The first-order valence-corrected chi connectivity index (χ1v) is 6.91. The molecule has 2 saturated heterocycles. The van der Waals surface area contributed by atoms with Crippen LogP contribution in [0.5, 0.6) is 0 Å². The van der Waals surface area contributed by atoms with E-state index in [0.717, 1.165) is 26.2 Å². The molecule has 104 valence electrons. The van der Waals surface area contributed by atoms with Gasteiger partial charge in [0.1, 0.15) is 0 Å². The molecule has 0 aromatic heterocycles. The maximum Gasteiger partial charge on any atom is 0.241 e. The summed E-state index contributed by atoms with van der Waals surface area (Å²) in [4.78, 5) is 16.7. The molecule has 1 amide bonds. The van der Waals surface area contributed by atoms with Gasteiger partial charge in [0.25, 0.3) is 0 Å². The summed E-state index contributed by atoms with van der Waals surface area (Å²) in [6.45, 7) is 7.73. The van der Waals surface area contributed by atoms with E-state index >= 15 is 0 Å². The van der Waals surface area contributed by atoms with Gasteiger partial charge >= 0.3 is 0 Å². The van der Waals surface area contributed by atoms with Gasteiger partial charge in [0.05, 0.1) is 6.04 Å². The van der Waals surface area contributed by atoms with Crippen molar-refractivity contribution >= 4 is 5.91 Å². The second kappa shape index (κ2) is 5.55. The number of hydrogen-bond acceptors (Lipinski definition) is 4. The molecule has 18 heavy (non-hydrogen) atoms. The van der Waals surface area contributed by atoms with Crippen LogP contribution >= 0.6 is 0 Å². The summed E-state index contributed by atoms with van der Waals surface area (Å²) in [5.41, 5.74) is 0. The largest absolute Gasteiger partial charge is 0.339 e. The highest BCUT2D eigenvalue weighted by Gasteiger charge is 2.36. The van der Waals surface area contributed by atoms with Gasteiger partial charge in [-0.15, -0.1) is 0 Å². The lowest BCUT2D eigenvalue weighted by Gasteiger charge is -2.31. The third kappa shape index (κ3) is 2.84. The highest BCUT2D eigenvalue weighted by atomic mass is 16.2. The maximum absolute atomic E-state index is 12.4. The highest BCUT2D eigenvalue weighted by molar-refractivity contribution is 5.82. The van der Waals surface area contributed by atoms with Gasteiger partial charge in [-0.05, 0) is 26.9 Å². The smallest absolute Gasteiger partial charge is 0.241 e. The lowest BCUT2D eigenvalue weighted by atomic mass is 10.1. The molecule has 0 saturated carbocycles. The average Bonchev–Trinajstić information content (AvgIpc) is 2.71. The van der Waals surface area contributed by atoms with Crippen LogP contribution in [-0.4, -0.2) is 74.1 Å². The molecule has 2 fully saturated rings. The fourth-order valence-corrected chi connectivity index (χ4v) is 2.98. The Balaban J connectivity index is 1.91. The van der Waals surface area contributed by atoms with Gasteiger partial charge in [-0.3, -0.25) is 4.79 Å². The van der Waals surface area contributed by atoms with Crippen molar-refractivity contribution in [2.75, 3.05) is 40.3 Å². The molecule has 0 bridgehead atoms. The van der Waals surface area contributed by atoms with Crippen LogP contribution in [-0.2, 0) is 4.79 Å². The summed E-state index contributed by atoms with van der Waals surface area (Å²) in [5, 5.41) is 6.70. The fraction of sp³-hybridized carbons (Fsp3) is 0.923. The van der Waals surface area contributed by atoms with Gasteiger partial charge < -0.3 is 20.4 Å². The van der Waals surface area contributed by atoms with Crippen molar-refractivity contribution in [1.29, 1.82) is 0 Å². The number of nitrogens with one attached hydrogen (secondary N) is 2. The van der Waals surface area contributed by atoms with Crippen LogP contribution in [0.2, 0.25) is 0 Å². The first kappa shape index (κ1) is 13.8. The van der Waals surface area contributed by atoms with Crippen LogP contribution in [0.25, 0.3) is 0 Å². The Hall–Kier alpha value is -0.650. The van der Waals surface area contributed by atoms with Crippen LogP contribution in [0.1, 0.15) is 13.8 Å². The molecular weight excluding hydrogens is 228 g/mol. The molecule has 2 heterocycles. The van der Waals surface area contributed by atoms with E-state index in [0.29, 0.717) is 18.0 Å².